The van der Waals surface area contributed by atoms with Crippen LogP contribution in [0.2, 0.25) is 0 Å². The van der Waals surface area contributed by atoms with Gasteiger partial charge in [0.25, 0.3) is 0 Å². The van der Waals surface area contributed by atoms with E-state index in [-0.39, 0.29) is 49.1 Å². The molecule has 0 fully saturated rings. The Morgan fingerprint density at radius 3 is 1.30 bits per heavy atom. The number of carbonyl (C=O) groups excluding carboxylic acids is 6. The molecule has 0 bridgehead atoms. The van der Waals surface area contributed by atoms with E-state index in [1.54, 1.807) is 47.8 Å². The van der Waals surface area contributed by atoms with E-state index in [2.05, 4.69) is 0 Å². The van der Waals surface area contributed by atoms with Gasteiger partial charge in [0.15, 0.2) is 34.6 Å². The van der Waals surface area contributed by atoms with Crippen LogP contribution < -0.4 is 18.9 Å². The lowest BCUT2D eigenvalue weighted by atomic mass is 10.0. The Balaban J connectivity index is 1.30. The van der Waals surface area contributed by atoms with Crippen LogP contribution in [0.25, 0.3) is 12.2 Å². The number of carbonyl (C=O) groups is 6. The van der Waals surface area contributed by atoms with Crippen LogP contribution in [-0.4, -0.2) is 73.7 Å². The van der Waals surface area contributed by atoms with Crippen molar-refractivity contribution in [3.05, 3.63) is 131 Å². The topological polar surface area (TPSA) is 158 Å². The second-order valence-corrected chi connectivity index (χ2v) is 16.1. The van der Waals surface area contributed by atoms with Crippen molar-refractivity contribution >= 4 is 71.1 Å². The summed E-state index contributed by atoms with van der Waals surface area (Å²) in [5.41, 5.74) is 2.79. The molecule has 0 N–H and O–H groups in total. The summed E-state index contributed by atoms with van der Waals surface area (Å²) in [6, 6.07) is 28.0. The quantitative estimate of drug-likeness (QED) is 0.0255. The van der Waals surface area contributed by atoms with Gasteiger partial charge in [-0.05, 0) is 95.5 Å². The number of ketones is 2. The Kier molecular flexibility index (Phi) is 21.3. The summed E-state index contributed by atoms with van der Waals surface area (Å²) >= 11 is 3.09. The molecule has 0 amide bonds. The summed E-state index contributed by atoms with van der Waals surface area (Å²) < 4.78 is 33.1. The van der Waals surface area contributed by atoms with Crippen molar-refractivity contribution < 1.29 is 57.2 Å². The zero-order valence-electron chi connectivity index (χ0n) is 35.8. The molecular weight excluding hydrogens is 845 g/mol. The summed E-state index contributed by atoms with van der Waals surface area (Å²) in [6.07, 6.45) is 9.54. The molecule has 0 spiro atoms. The van der Waals surface area contributed by atoms with Crippen molar-refractivity contribution in [1.82, 2.24) is 0 Å². The van der Waals surface area contributed by atoms with Crippen LogP contribution in [0.4, 0.5) is 0 Å². The van der Waals surface area contributed by atoms with Crippen LogP contribution in [0, 0.1) is 11.8 Å². The van der Waals surface area contributed by atoms with Gasteiger partial charge in [-0.1, -0.05) is 84.9 Å². The summed E-state index contributed by atoms with van der Waals surface area (Å²) in [7, 11) is 2.83. The van der Waals surface area contributed by atoms with Crippen LogP contribution in [0.1, 0.15) is 54.4 Å². The van der Waals surface area contributed by atoms with Crippen molar-refractivity contribution in [3.8, 4) is 23.0 Å². The number of allylic oxidation sites excluding steroid dienone is 2. The number of rotatable bonds is 26. The van der Waals surface area contributed by atoms with E-state index in [1.807, 2.05) is 73.2 Å². The summed E-state index contributed by atoms with van der Waals surface area (Å²) in [4.78, 5) is 77.2. The lowest BCUT2D eigenvalue weighted by Gasteiger charge is -2.16. The van der Waals surface area contributed by atoms with E-state index in [4.69, 9.17) is 28.4 Å². The van der Waals surface area contributed by atoms with Crippen LogP contribution in [0.5, 0.6) is 23.0 Å². The normalized spacial score (nSPS) is 12.0. The standard InChI is InChI=1S/C49H52O12S2/c1-56-44-27-34(17-21-42(44)60-48(54)38(23-25-62-3)29-46(52)58-32-36-11-7-5-8-12-36)15-19-40(50)31-41(51)20-16-35-18-22-43(45(28-35)57-2)61-49(55)39(24-26-63-4)30-47(53)59-33-37-13-9-6-10-14-37/h5-22,27-28,38-39H,23-26,29-33H2,1-4H3/b19-15+,20-16+/t38-,39-/m0/s1. The van der Waals surface area contributed by atoms with E-state index in [0.29, 0.717) is 35.5 Å². The third-order valence-electron chi connectivity index (χ3n) is 9.39. The molecule has 0 saturated heterocycles. The van der Waals surface area contributed by atoms with Crippen LogP contribution in [0.15, 0.2) is 109 Å². The van der Waals surface area contributed by atoms with Gasteiger partial charge in [0, 0.05) is 0 Å². The second-order valence-electron chi connectivity index (χ2n) is 14.1. The number of thioether (sulfide) groups is 2. The molecule has 63 heavy (non-hydrogen) atoms. The molecule has 0 saturated carbocycles. The highest BCUT2D eigenvalue weighted by Gasteiger charge is 2.27. The van der Waals surface area contributed by atoms with Gasteiger partial charge in [-0.25, -0.2) is 0 Å². The number of benzene rings is 4. The molecule has 0 aliphatic carbocycles. The predicted octanol–water partition coefficient (Wildman–Crippen LogP) is 8.78. The van der Waals surface area contributed by atoms with Crippen LogP contribution >= 0.6 is 23.5 Å². The average Bonchev–Trinajstić information content (AvgIpc) is 3.30. The minimum atomic E-state index is -0.732. The lowest BCUT2D eigenvalue weighted by molar-refractivity contribution is -0.151. The zero-order chi connectivity index (χ0) is 45.4. The van der Waals surface area contributed by atoms with Crippen molar-refractivity contribution in [2.75, 3.05) is 38.2 Å². The average molecular weight is 897 g/mol. The number of ether oxygens (including phenoxy) is 6. The summed E-state index contributed by atoms with van der Waals surface area (Å²) in [5.74, 6) is -2.53. The minimum Gasteiger partial charge on any atom is -0.493 e. The molecule has 0 heterocycles. The zero-order valence-corrected chi connectivity index (χ0v) is 37.4. The van der Waals surface area contributed by atoms with Gasteiger partial charge in [-0.15, -0.1) is 0 Å². The largest absolute Gasteiger partial charge is 0.493 e. The fraction of sp³-hybridized carbons (Fsp3) is 0.306. The smallest absolute Gasteiger partial charge is 0.315 e. The Morgan fingerprint density at radius 2 is 0.937 bits per heavy atom. The highest BCUT2D eigenvalue weighted by atomic mass is 32.2. The third kappa shape index (κ3) is 17.6. The molecule has 0 aliphatic rings. The predicted molar refractivity (Wildman–Crippen MR) is 245 cm³/mol. The first-order valence-corrected chi connectivity index (χ1v) is 22.9. The van der Waals surface area contributed by atoms with Crippen molar-refractivity contribution in [2.24, 2.45) is 11.8 Å². The molecular formula is C49H52O12S2. The Bertz CT molecular complexity index is 2050. The molecule has 0 unspecified atom stereocenters. The third-order valence-corrected chi connectivity index (χ3v) is 10.7. The number of hydrogen-bond acceptors (Lipinski definition) is 14. The molecule has 4 aromatic rings. The first-order valence-electron chi connectivity index (χ1n) is 20.1. The van der Waals surface area contributed by atoms with Crippen LogP contribution in [0.3, 0.4) is 0 Å². The molecule has 12 nitrogen and oxygen atoms in total. The highest BCUT2D eigenvalue weighted by Crippen LogP contribution is 2.32. The maximum atomic E-state index is 13.2. The maximum absolute atomic E-state index is 13.2. The van der Waals surface area contributed by atoms with Gasteiger partial charge in [0.05, 0.1) is 45.3 Å². The molecule has 0 aliphatic heterocycles. The van der Waals surface area contributed by atoms with E-state index in [9.17, 15) is 28.8 Å². The highest BCUT2D eigenvalue weighted by molar-refractivity contribution is 7.98. The van der Waals surface area contributed by atoms with Gasteiger partial charge in [0.1, 0.15) is 13.2 Å². The lowest BCUT2D eigenvalue weighted by Crippen LogP contribution is -2.25. The van der Waals surface area contributed by atoms with Gasteiger partial charge < -0.3 is 28.4 Å². The first-order chi connectivity index (χ1) is 30.5. The van der Waals surface area contributed by atoms with Crippen molar-refractivity contribution in [1.29, 1.82) is 0 Å². The minimum absolute atomic E-state index is 0.103. The molecule has 0 aromatic heterocycles. The van der Waals surface area contributed by atoms with E-state index >= 15 is 0 Å². The first kappa shape index (κ1) is 49.5. The van der Waals surface area contributed by atoms with Crippen molar-refractivity contribution in [3.63, 3.8) is 0 Å². The van der Waals surface area contributed by atoms with Crippen LogP contribution in [-0.2, 0) is 51.5 Å². The Morgan fingerprint density at radius 1 is 0.540 bits per heavy atom. The summed E-state index contributed by atoms with van der Waals surface area (Å²) in [6.45, 7) is 0.206. The summed E-state index contributed by atoms with van der Waals surface area (Å²) in [5, 5.41) is 0. The molecule has 0 radical (unpaired) electrons. The maximum Gasteiger partial charge on any atom is 0.315 e. The van der Waals surface area contributed by atoms with Gasteiger partial charge in [-0.3, -0.25) is 28.8 Å². The molecule has 2 atom stereocenters. The van der Waals surface area contributed by atoms with Gasteiger partial charge in [0.2, 0.25) is 0 Å². The van der Waals surface area contributed by atoms with E-state index in [0.717, 1.165) is 11.1 Å². The molecule has 14 heteroatoms. The molecule has 4 rings (SSSR count). The van der Waals surface area contributed by atoms with Gasteiger partial charge in [-0.2, -0.15) is 23.5 Å². The van der Waals surface area contributed by atoms with E-state index in [1.165, 1.54) is 50.7 Å². The number of methoxy groups -OCH3 is 2. The molecule has 332 valence electrons. The van der Waals surface area contributed by atoms with E-state index < -0.39 is 53.7 Å². The fourth-order valence-corrected chi connectivity index (χ4v) is 6.96. The Hall–Kier alpha value is -6.12. The SMILES string of the molecule is COc1cc(/C=C/C(=O)CC(=O)/C=C/c2ccc(OC(=O)[C@@H](CCSC)CC(=O)OCc3ccccc3)c(OC)c2)ccc1OC(=O)[C@@H](CCSC)CC(=O)OCc1ccccc1. The monoisotopic (exact) mass is 896 g/mol. The molecule has 4 aromatic carbocycles. The van der Waals surface area contributed by atoms with Crippen molar-refractivity contribution in [2.45, 2.75) is 45.3 Å². The van der Waals surface area contributed by atoms with Gasteiger partial charge >= 0.3 is 23.9 Å². The number of esters is 4. The Labute approximate surface area is 376 Å². The second kappa shape index (κ2) is 27.0. The number of hydrogen-bond donors (Lipinski definition) is 0. The fourth-order valence-electron chi connectivity index (χ4n) is 5.92.